The molecule has 1 N–H and O–H groups in total. The molecule has 6 heteroatoms. The Morgan fingerprint density at radius 1 is 1.12 bits per heavy atom. The van der Waals surface area contributed by atoms with Crippen molar-refractivity contribution in [3.63, 3.8) is 0 Å². The van der Waals surface area contributed by atoms with E-state index in [4.69, 9.17) is 4.42 Å². The van der Waals surface area contributed by atoms with Crippen molar-refractivity contribution in [1.29, 1.82) is 0 Å². The van der Waals surface area contributed by atoms with Gasteiger partial charge in [0.15, 0.2) is 0 Å². The maximum absolute atomic E-state index is 12.0. The fraction of sp³-hybridized carbons (Fsp3) is 0.167. The number of amides is 1. The van der Waals surface area contributed by atoms with Crippen LogP contribution in [0.15, 0.2) is 63.9 Å². The number of hydrogen-bond acceptors (Lipinski definition) is 5. The van der Waals surface area contributed by atoms with E-state index in [2.05, 4.69) is 15.5 Å². The Kier molecular flexibility index (Phi) is 5.28. The van der Waals surface area contributed by atoms with Crippen molar-refractivity contribution in [2.24, 2.45) is 0 Å². The highest BCUT2D eigenvalue weighted by atomic mass is 32.2. The predicted octanol–water partition coefficient (Wildman–Crippen LogP) is 4.03. The van der Waals surface area contributed by atoms with Crippen LogP contribution in [-0.4, -0.2) is 22.4 Å². The molecule has 5 nitrogen and oxygen atoms in total. The van der Waals surface area contributed by atoms with Gasteiger partial charge >= 0.3 is 6.01 Å². The highest BCUT2D eigenvalue weighted by Crippen LogP contribution is 2.24. The molecule has 3 aromatic rings. The van der Waals surface area contributed by atoms with E-state index in [1.165, 1.54) is 0 Å². The second-order valence-corrected chi connectivity index (χ2v) is 6.06. The molecule has 0 bridgehead atoms. The lowest BCUT2D eigenvalue weighted by molar-refractivity contribution is -0.116. The van der Waals surface area contributed by atoms with Crippen LogP contribution in [0.25, 0.3) is 11.5 Å². The van der Waals surface area contributed by atoms with Crippen molar-refractivity contribution in [1.82, 2.24) is 10.2 Å². The monoisotopic (exact) mass is 339 g/mol. The molecule has 0 aliphatic heterocycles. The number of nitrogens with zero attached hydrogens (tertiary/aromatic N) is 2. The Balaban J connectivity index is 1.60. The minimum atomic E-state index is -0.146. The first-order valence-corrected chi connectivity index (χ1v) is 8.79. The summed E-state index contributed by atoms with van der Waals surface area (Å²) in [7, 11) is 0. The highest BCUT2D eigenvalue weighted by Gasteiger charge is 2.11. The fourth-order valence-corrected chi connectivity index (χ4v) is 2.69. The van der Waals surface area contributed by atoms with Gasteiger partial charge in [0.1, 0.15) is 0 Å². The van der Waals surface area contributed by atoms with E-state index in [0.717, 1.165) is 16.0 Å². The van der Waals surface area contributed by atoms with E-state index in [9.17, 15) is 4.79 Å². The van der Waals surface area contributed by atoms with E-state index >= 15 is 0 Å². The number of carbonyl (C=O) groups excluding carboxylic acids is 1. The van der Waals surface area contributed by atoms with Gasteiger partial charge < -0.3 is 4.42 Å². The molecule has 0 aliphatic rings. The van der Waals surface area contributed by atoms with E-state index in [0.29, 0.717) is 18.7 Å². The van der Waals surface area contributed by atoms with Crippen LogP contribution in [0.1, 0.15) is 12.0 Å². The second-order valence-electron chi connectivity index (χ2n) is 5.18. The summed E-state index contributed by atoms with van der Waals surface area (Å²) in [5, 5.41) is 10.5. The predicted molar refractivity (Wildman–Crippen MR) is 94.9 cm³/mol. The molecule has 0 atom stereocenters. The van der Waals surface area contributed by atoms with Crippen molar-refractivity contribution in [2.45, 2.75) is 17.7 Å². The molecule has 1 amide bonds. The van der Waals surface area contributed by atoms with Gasteiger partial charge in [0.2, 0.25) is 11.8 Å². The van der Waals surface area contributed by atoms with Crippen LogP contribution in [-0.2, 0) is 11.2 Å². The standard InChI is InChI=1S/C18H17N3O2S/c1-24-15-9-5-8-14(12-15)17-20-21-18(23-17)19-16(22)11-10-13-6-3-2-4-7-13/h2-9,12H,10-11H2,1H3,(H,19,21,22). The van der Waals surface area contributed by atoms with Crippen LogP contribution >= 0.6 is 11.8 Å². The van der Waals surface area contributed by atoms with Gasteiger partial charge in [-0.25, -0.2) is 0 Å². The third-order valence-electron chi connectivity index (χ3n) is 3.47. The second kappa shape index (κ2) is 7.79. The van der Waals surface area contributed by atoms with Crippen LogP contribution < -0.4 is 5.32 Å². The van der Waals surface area contributed by atoms with Crippen LogP contribution in [0.3, 0.4) is 0 Å². The number of hydrogen-bond donors (Lipinski definition) is 1. The topological polar surface area (TPSA) is 68.0 Å². The summed E-state index contributed by atoms with van der Waals surface area (Å²) in [5.41, 5.74) is 1.95. The quantitative estimate of drug-likeness (QED) is 0.687. The molecule has 2 aromatic carbocycles. The molecule has 0 fully saturated rings. The van der Waals surface area contributed by atoms with Crippen LogP contribution in [0.2, 0.25) is 0 Å². The molecule has 0 unspecified atom stereocenters. The normalized spacial score (nSPS) is 10.5. The molecular weight excluding hydrogens is 322 g/mol. The van der Waals surface area contributed by atoms with E-state index in [-0.39, 0.29) is 11.9 Å². The first kappa shape index (κ1) is 16.3. The van der Waals surface area contributed by atoms with Gasteiger partial charge in [-0.3, -0.25) is 10.1 Å². The summed E-state index contributed by atoms with van der Waals surface area (Å²) < 4.78 is 5.53. The summed E-state index contributed by atoms with van der Waals surface area (Å²) in [6.45, 7) is 0. The van der Waals surface area contributed by atoms with Crippen molar-refractivity contribution in [3.05, 3.63) is 60.2 Å². The number of aromatic nitrogens is 2. The fourth-order valence-electron chi connectivity index (χ4n) is 2.23. The summed E-state index contributed by atoms with van der Waals surface area (Å²) in [5.74, 6) is 0.246. The van der Waals surface area contributed by atoms with E-state index < -0.39 is 0 Å². The number of nitrogens with one attached hydrogen (secondary N) is 1. The van der Waals surface area contributed by atoms with Gasteiger partial charge in [-0.15, -0.1) is 16.9 Å². The van der Waals surface area contributed by atoms with Crippen LogP contribution in [0.5, 0.6) is 0 Å². The molecule has 122 valence electrons. The van der Waals surface area contributed by atoms with Gasteiger partial charge in [-0.05, 0) is 36.4 Å². The molecule has 24 heavy (non-hydrogen) atoms. The van der Waals surface area contributed by atoms with Crippen molar-refractivity contribution in [2.75, 3.05) is 11.6 Å². The Labute approximate surface area is 144 Å². The van der Waals surface area contributed by atoms with Crippen LogP contribution in [0, 0.1) is 0 Å². The average Bonchev–Trinajstić information content (AvgIpc) is 3.09. The SMILES string of the molecule is CSc1cccc(-c2nnc(NC(=O)CCc3ccccc3)o2)c1. The van der Waals surface area contributed by atoms with Gasteiger partial charge in [0, 0.05) is 16.9 Å². The van der Waals surface area contributed by atoms with Crippen LogP contribution in [0.4, 0.5) is 6.01 Å². The van der Waals surface area contributed by atoms with Gasteiger partial charge in [-0.2, -0.15) is 0 Å². The zero-order valence-corrected chi connectivity index (χ0v) is 14.0. The number of carbonyl (C=O) groups is 1. The first-order valence-electron chi connectivity index (χ1n) is 7.56. The molecule has 3 rings (SSSR count). The molecule has 0 spiro atoms. The zero-order valence-electron chi connectivity index (χ0n) is 13.2. The Bertz CT molecular complexity index is 818. The molecule has 1 aromatic heterocycles. The smallest absolute Gasteiger partial charge is 0.322 e. The minimum absolute atomic E-state index is 0.123. The number of anilines is 1. The third kappa shape index (κ3) is 4.23. The summed E-state index contributed by atoms with van der Waals surface area (Å²) in [4.78, 5) is 13.1. The summed E-state index contributed by atoms with van der Waals surface area (Å²) >= 11 is 1.64. The van der Waals surface area contributed by atoms with Gasteiger partial charge in [-0.1, -0.05) is 41.5 Å². The molecule has 0 saturated carbocycles. The molecule has 1 heterocycles. The third-order valence-corrected chi connectivity index (χ3v) is 4.20. The first-order chi connectivity index (χ1) is 11.7. The number of thioether (sulfide) groups is 1. The number of benzene rings is 2. The largest absolute Gasteiger partial charge is 0.403 e. The van der Waals surface area contributed by atoms with E-state index in [1.54, 1.807) is 11.8 Å². The summed E-state index contributed by atoms with van der Waals surface area (Å²) in [6, 6.07) is 17.8. The van der Waals surface area contributed by atoms with Gasteiger partial charge in [0.05, 0.1) is 0 Å². The lowest BCUT2D eigenvalue weighted by Gasteiger charge is -2.01. The van der Waals surface area contributed by atoms with Gasteiger partial charge in [0.25, 0.3) is 0 Å². The molecule has 0 aliphatic carbocycles. The van der Waals surface area contributed by atoms with Crippen molar-refractivity contribution in [3.8, 4) is 11.5 Å². The highest BCUT2D eigenvalue weighted by molar-refractivity contribution is 7.98. The Morgan fingerprint density at radius 2 is 1.96 bits per heavy atom. The summed E-state index contributed by atoms with van der Waals surface area (Å²) in [6.07, 6.45) is 3.04. The number of rotatable bonds is 6. The Morgan fingerprint density at radius 3 is 2.75 bits per heavy atom. The molecular formula is C18H17N3O2S. The lowest BCUT2D eigenvalue weighted by Crippen LogP contribution is -2.12. The lowest BCUT2D eigenvalue weighted by atomic mass is 10.1. The minimum Gasteiger partial charge on any atom is -0.403 e. The maximum atomic E-state index is 12.0. The Hall–Kier alpha value is -2.60. The molecule has 0 radical (unpaired) electrons. The number of aryl methyl sites for hydroxylation is 1. The van der Waals surface area contributed by atoms with Crippen molar-refractivity contribution >= 4 is 23.7 Å². The maximum Gasteiger partial charge on any atom is 0.322 e. The zero-order chi connectivity index (χ0) is 16.8. The van der Waals surface area contributed by atoms with Crippen molar-refractivity contribution < 1.29 is 9.21 Å². The molecule has 0 saturated heterocycles. The average molecular weight is 339 g/mol. The van der Waals surface area contributed by atoms with E-state index in [1.807, 2.05) is 60.9 Å².